The molecule has 0 bridgehead atoms. The molecule has 2 amide bonds. The first kappa shape index (κ1) is 15.3. The van der Waals surface area contributed by atoms with Crippen molar-refractivity contribution in [3.05, 3.63) is 0 Å². The van der Waals surface area contributed by atoms with E-state index in [4.69, 9.17) is 0 Å². The molecule has 0 saturated carbocycles. The maximum atomic E-state index is 12.0. The van der Waals surface area contributed by atoms with Crippen molar-refractivity contribution in [2.24, 2.45) is 0 Å². The van der Waals surface area contributed by atoms with Crippen LogP contribution in [0.25, 0.3) is 0 Å². The van der Waals surface area contributed by atoms with Gasteiger partial charge < -0.3 is 10.2 Å². The monoisotopic (exact) mass is 272 g/mol. The molecule has 4 nitrogen and oxygen atoms in total. The van der Waals surface area contributed by atoms with Crippen LogP contribution in [0.1, 0.15) is 39.5 Å². The molecule has 5 heteroatoms. The lowest BCUT2D eigenvalue weighted by atomic mass is 10.0. The van der Waals surface area contributed by atoms with Gasteiger partial charge in [0.25, 0.3) is 0 Å². The van der Waals surface area contributed by atoms with Crippen molar-refractivity contribution in [2.45, 2.75) is 45.6 Å². The summed E-state index contributed by atoms with van der Waals surface area (Å²) < 4.78 is 0. The zero-order valence-corrected chi connectivity index (χ0v) is 12.2. The number of likely N-dealkylation sites (tertiary alicyclic amines) is 1. The maximum Gasteiger partial charge on any atom is 0.232 e. The number of hydrogen-bond donors (Lipinski definition) is 1. The second kappa shape index (κ2) is 8.40. The van der Waals surface area contributed by atoms with E-state index in [1.807, 2.05) is 4.90 Å². The van der Waals surface area contributed by atoms with E-state index >= 15 is 0 Å². The smallest absolute Gasteiger partial charge is 0.232 e. The third-order valence-corrected chi connectivity index (χ3v) is 4.22. The van der Waals surface area contributed by atoms with Crippen molar-refractivity contribution in [3.63, 3.8) is 0 Å². The van der Waals surface area contributed by atoms with Gasteiger partial charge in [0, 0.05) is 26.1 Å². The maximum absolute atomic E-state index is 12.0. The van der Waals surface area contributed by atoms with Crippen molar-refractivity contribution in [2.75, 3.05) is 24.6 Å². The van der Waals surface area contributed by atoms with E-state index in [0.29, 0.717) is 18.3 Å². The third-order valence-electron chi connectivity index (χ3n) is 3.19. The number of nitrogens with zero attached hydrogens (tertiary/aromatic N) is 1. The summed E-state index contributed by atoms with van der Waals surface area (Å²) in [5, 5.41) is 2.76. The average molecular weight is 272 g/mol. The van der Waals surface area contributed by atoms with Crippen LogP contribution in [0.15, 0.2) is 0 Å². The summed E-state index contributed by atoms with van der Waals surface area (Å²) in [5.74, 6) is 1.78. The zero-order valence-electron chi connectivity index (χ0n) is 11.4. The molecule has 1 unspecified atom stereocenters. The van der Waals surface area contributed by atoms with Gasteiger partial charge in [0.1, 0.15) is 0 Å². The predicted octanol–water partition coefficient (Wildman–Crippen LogP) is 1.65. The lowest BCUT2D eigenvalue weighted by Gasteiger charge is -2.33. The molecule has 1 aliphatic heterocycles. The summed E-state index contributed by atoms with van der Waals surface area (Å²) >= 11 is 1.67. The first-order valence-electron chi connectivity index (χ1n) is 6.73. The molecule has 1 rings (SSSR count). The molecule has 18 heavy (non-hydrogen) atoms. The van der Waals surface area contributed by atoms with Crippen LogP contribution < -0.4 is 5.32 Å². The van der Waals surface area contributed by atoms with E-state index in [9.17, 15) is 9.59 Å². The lowest BCUT2D eigenvalue weighted by molar-refractivity contribution is -0.131. The normalized spacial score (nSPS) is 19.7. The summed E-state index contributed by atoms with van der Waals surface area (Å²) in [6.07, 6.45) is 4.45. The Morgan fingerprint density at radius 3 is 2.83 bits per heavy atom. The number of thioether (sulfide) groups is 1. The fourth-order valence-corrected chi connectivity index (χ4v) is 2.98. The molecule has 1 N–H and O–H groups in total. The highest BCUT2D eigenvalue weighted by molar-refractivity contribution is 7.99. The van der Waals surface area contributed by atoms with Gasteiger partial charge in [0.05, 0.1) is 5.75 Å². The molecule has 1 heterocycles. The van der Waals surface area contributed by atoms with Gasteiger partial charge in [0.15, 0.2) is 0 Å². The molecule has 1 saturated heterocycles. The summed E-state index contributed by atoms with van der Waals surface area (Å²) in [7, 11) is 0. The van der Waals surface area contributed by atoms with Gasteiger partial charge in [-0.15, -0.1) is 0 Å². The number of carbonyl (C=O) groups is 2. The van der Waals surface area contributed by atoms with E-state index in [1.54, 1.807) is 11.8 Å². The third kappa shape index (κ3) is 5.76. The van der Waals surface area contributed by atoms with Gasteiger partial charge in [-0.3, -0.25) is 9.59 Å². The minimum Gasteiger partial charge on any atom is -0.356 e. The Bertz CT molecular complexity index is 284. The Labute approximate surface area is 114 Å². The molecule has 1 atom stereocenters. The fraction of sp³-hybridized carbons (Fsp3) is 0.846. The minimum absolute atomic E-state index is 0.0122. The number of piperidine rings is 1. The topological polar surface area (TPSA) is 49.4 Å². The highest BCUT2D eigenvalue weighted by Gasteiger charge is 2.22. The molecule has 0 radical (unpaired) electrons. The van der Waals surface area contributed by atoms with Crippen LogP contribution in [0.3, 0.4) is 0 Å². The van der Waals surface area contributed by atoms with Crippen LogP contribution in [0.5, 0.6) is 0 Å². The van der Waals surface area contributed by atoms with Gasteiger partial charge in [-0.05, 0) is 38.4 Å². The van der Waals surface area contributed by atoms with Crippen molar-refractivity contribution >= 4 is 23.6 Å². The summed E-state index contributed by atoms with van der Waals surface area (Å²) in [6.45, 7) is 5.29. The Morgan fingerprint density at radius 2 is 2.17 bits per heavy atom. The number of amides is 2. The number of rotatable bonds is 6. The first-order chi connectivity index (χ1) is 8.61. The predicted molar refractivity (Wildman–Crippen MR) is 75.7 cm³/mol. The molecule has 1 fully saturated rings. The average Bonchev–Trinajstić information content (AvgIpc) is 2.33. The van der Waals surface area contributed by atoms with Crippen LogP contribution in [0, 0.1) is 0 Å². The zero-order chi connectivity index (χ0) is 13.4. The molecular weight excluding hydrogens is 248 g/mol. The molecule has 0 aromatic carbocycles. The highest BCUT2D eigenvalue weighted by atomic mass is 32.2. The standard InChI is InChI=1S/C13H24N2O2S/c1-11-6-3-4-8-15(11)13(17)10-18-9-5-7-14-12(2)16/h11H,3-10H2,1-2H3,(H,14,16). The van der Waals surface area contributed by atoms with Crippen LogP contribution >= 0.6 is 11.8 Å². The molecule has 0 aromatic heterocycles. The number of carbonyl (C=O) groups excluding carboxylic acids is 2. The summed E-state index contributed by atoms with van der Waals surface area (Å²) in [4.78, 5) is 24.7. The Morgan fingerprint density at radius 1 is 1.39 bits per heavy atom. The van der Waals surface area contributed by atoms with E-state index in [-0.39, 0.29) is 11.8 Å². The largest absolute Gasteiger partial charge is 0.356 e. The fourth-order valence-electron chi connectivity index (χ4n) is 2.15. The molecule has 0 spiro atoms. The lowest BCUT2D eigenvalue weighted by Crippen LogP contribution is -2.43. The molecule has 0 aliphatic carbocycles. The van der Waals surface area contributed by atoms with E-state index < -0.39 is 0 Å². The van der Waals surface area contributed by atoms with Gasteiger partial charge in [-0.25, -0.2) is 0 Å². The van der Waals surface area contributed by atoms with Gasteiger partial charge in [-0.2, -0.15) is 11.8 Å². The Kier molecular flexibility index (Phi) is 7.16. The van der Waals surface area contributed by atoms with Crippen LogP contribution in [-0.2, 0) is 9.59 Å². The van der Waals surface area contributed by atoms with Crippen molar-refractivity contribution in [1.82, 2.24) is 10.2 Å². The summed E-state index contributed by atoms with van der Waals surface area (Å²) in [5.41, 5.74) is 0. The van der Waals surface area contributed by atoms with Crippen LogP contribution in [0.4, 0.5) is 0 Å². The van der Waals surface area contributed by atoms with Gasteiger partial charge in [0.2, 0.25) is 11.8 Å². The van der Waals surface area contributed by atoms with Crippen LogP contribution in [-0.4, -0.2) is 47.4 Å². The van der Waals surface area contributed by atoms with Crippen molar-refractivity contribution in [1.29, 1.82) is 0 Å². The van der Waals surface area contributed by atoms with E-state index in [0.717, 1.165) is 31.6 Å². The van der Waals surface area contributed by atoms with Gasteiger partial charge >= 0.3 is 0 Å². The Balaban J connectivity index is 2.07. The van der Waals surface area contributed by atoms with Crippen molar-refractivity contribution in [3.8, 4) is 0 Å². The van der Waals surface area contributed by atoms with Crippen molar-refractivity contribution < 1.29 is 9.59 Å². The first-order valence-corrected chi connectivity index (χ1v) is 7.88. The molecule has 0 aromatic rings. The quantitative estimate of drug-likeness (QED) is 0.748. The molecule has 104 valence electrons. The van der Waals surface area contributed by atoms with Crippen LogP contribution in [0.2, 0.25) is 0 Å². The highest BCUT2D eigenvalue weighted by Crippen LogP contribution is 2.17. The number of hydrogen-bond acceptors (Lipinski definition) is 3. The second-order valence-electron chi connectivity index (χ2n) is 4.82. The summed E-state index contributed by atoms with van der Waals surface area (Å²) in [6, 6.07) is 0.409. The minimum atomic E-state index is 0.0122. The van der Waals surface area contributed by atoms with E-state index in [2.05, 4.69) is 12.2 Å². The SMILES string of the molecule is CC(=O)NCCCSCC(=O)N1CCCCC1C. The van der Waals surface area contributed by atoms with E-state index in [1.165, 1.54) is 13.3 Å². The second-order valence-corrected chi connectivity index (χ2v) is 5.93. The van der Waals surface area contributed by atoms with Gasteiger partial charge in [-0.1, -0.05) is 0 Å². The molecular formula is C13H24N2O2S. The number of nitrogens with one attached hydrogen (secondary N) is 1. The Hall–Kier alpha value is -0.710. The molecule has 1 aliphatic rings.